The first kappa shape index (κ1) is 18.6. The van der Waals surface area contributed by atoms with E-state index in [2.05, 4.69) is 20.6 Å². The van der Waals surface area contributed by atoms with Gasteiger partial charge in [-0.2, -0.15) is 4.98 Å². The molecule has 0 aliphatic heterocycles. The molecule has 0 aliphatic carbocycles. The van der Waals surface area contributed by atoms with E-state index in [1.807, 2.05) is 51.1 Å². The number of hydrogen-bond acceptors (Lipinski definition) is 5. The van der Waals surface area contributed by atoms with Crippen molar-refractivity contribution in [3.8, 4) is 5.75 Å². The number of nitrogens with zero attached hydrogens (tertiary/aromatic N) is 2. The Bertz CT molecular complexity index is 914. The van der Waals surface area contributed by atoms with Gasteiger partial charge in [0.1, 0.15) is 17.4 Å². The number of aromatic nitrogens is 2. The van der Waals surface area contributed by atoms with Gasteiger partial charge in [-0.05, 0) is 39.0 Å². The van der Waals surface area contributed by atoms with E-state index in [1.165, 1.54) is 6.07 Å². The first-order valence-corrected chi connectivity index (χ1v) is 8.87. The molecule has 5 nitrogen and oxygen atoms in total. The molecule has 0 fully saturated rings. The monoisotopic (exact) mass is 366 g/mol. The van der Waals surface area contributed by atoms with Crippen molar-refractivity contribution in [1.29, 1.82) is 0 Å². The molecule has 0 radical (unpaired) electrons. The number of ether oxygens (including phenoxy) is 1. The number of nitrogens with one attached hydrogen (secondary N) is 2. The molecule has 27 heavy (non-hydrogen) atoms. The average Bonchev–Trinajstić information content (AvgIpc) is 2.62. The minimum absolute atomic E-state index is 0.0677. The minimum atomic E-state index is -0.254. The highest BCUT2D eigenvalue weighted by Gasteiger charge is 2.09. The Hall–Kier alpha value is -3.15. The van der Waals surface area contributed by atoms with Gasteiger partial charge in [0, 0.05) is 23.9 Å². The van der Waals surface area contributed by atoms with E-state index in [9.17, 15) is 4.39 Å². The fourth-order valence-corrected chi connectivity index (χ4v) is 2.59. The lowest BCUT2D eigenvalue weighted by atomic mass is 10.2. The van der Waals surface area contributed by atoms with Crippen molar-refractivity contribution in [1.82, 2.24) is 9.97 Å². The summed E-state index contributed by atoms with van der Waals surface area (Å²) in [6, 6.07) is 16.2. The predicted octanol–water partition coefficient (Wildman–Crippen LogP) is 5.07. The lowest BCUT2D eigenvalue weighted by molar-refractivity contribution is 0.244. The van der Waals surface area contributed by atoms with Crippen molar-refractivity contribution >= 4 is 17.5 Å². The minimum Gasteiger partial charge on any atom is -0.489 e. The molecule has 0 bridgehead atoms. The third kappa shape index (κ3) is 5.17. The van der Waals surface area contributed by atoms with Crippen molar-refractivity contribution < 1.29 is 9.13 Å². The van der Waals surface area contributed by atoms with Crippen molar-refractivity contribution in [2.75, 3.05) is 10.6 Å². The molecule has 0 saturated carbocycles. The van der Waals surface area contributed by atoms with Crippen molar-refractivity contribution in [2.45, 2.75) is 33.4 Å². The highest BCUT2D eigenvalue weighted by atomic mass is 19.1. The van der Waals surface area contributed by atoms with Gasteiger partial charge in [-0.25, -0.2) is 9.37 Å². The van der Waals surface area contributed by atoms with Crippen LogP contribution in [0, 0.1) is 12.7 Å². The molecule has 1 aromatic heterocycles. The summed E-state index contributed by atoms with van der Waals surface area (Å²) in [5.41, 5.74) is 2.18. The zero-order chi connectivity index (χ0) is 19.2. The van der Waals surface area contributed by atoms with Crippen molar-refractivity contribution in [3.63, 3.8) is 0 Å². The third-order valence-corrected chi connectivity index (χ3v) is 3.76. The fourth-order valence-electron chi connectivity index (χ4n) is 2.59. The first-order valence-electron chi connectivity index (χ1n) is 8.87. The van der Waals surface area contributed by atoms with Gasteiger partial charge in [0.2, 0.25) is 5.95 Å². The van der Waals surface area contributed by atoms with E-state index in [0.717, 1.165) is 17.1 Å². The Morgan fingerprint density at radius 1 is 1.04 bits per heavy atom. The second-order valence-corrected chi connectivity index (χ2v) is 6.45. The van der Waals surface area contributed by atoms with E-state index in [4.69, 9.17) is 4.74 Å². The largest absolute Gasteiger partial charge is 0.489 e. The zero-order valence-corrected chi connectivity index (χ0v) is 15.7. The van der Waals surface area contributed by atoms with Crippen LogP contribution in [0.3, 0.4) is 0 Å². The molecule has 2 aromatic carbocycles. The molecule has 2 N–H and O–H groups in total. The van der Waals surface area contributed by atoms with Crippen LogP contribution in [-0.2, 0) is 6.54 Å². The van der Waals surface area contributed by atoms with Crippen molar-refractivity contribution in [3.05, 3.63) is 71.7 Å². The summed E-state index contributed by atoms with van der Waals surface area (Å²) in [7, 11) is 0. The van der Waals surface area contributed by atoms with Gasteiger partial charge < -0.3 is 15.4 Å². The van der Waals surface area contributed by atoms with Crippen LogP contribution in [0.15, 0.2) is 54.6 Å². The summed E-state index contributed by atoms with van der Waals surface area (Å²) < 4.78 is 19.6. The van der Waals surface area contributed by atoms with Gasteiger partial charge in [0.05, 0.1) is 11.8 Å². The smallest absolute Gasteiger partial charge is 0.225 e. The molecule has 0 unspecified atom stereocenters. The Balaban J connectivity index is 1.77. The highest BCUT2D eigenvalue weighted by molar-refractivity contribution is 5.64. The molecular formula is C21H23FN4O. The van der Waals surface area contributed by atoms with Gasteiger partial charge in [-0.1, -0.05) is 30.3 Å². The second-order valence-electron chi connectivity index (χ2n) is 6.45. The van der Waals surface area contributed by atoms with Crippen LogP contribution in [0.1, 0.15) is 25.1 Å². The molecule has 140 valence electrons. The summed E-state index contributed by atoms with van der Waals surface area (Å²) >= 11 is 0. The van der Waals surface area contributed by atoms with Crippen LogP contribution in [0.2, 0.25) is 0 Å². The maximum Gasteiger partial charge on any atom is 0.225 e. The van der Waals surface area contributed by atoms with Crippen LogP contribution in [0.25, 0.3) is 0 Å². The number of aryl methyl sites for hydroxylation is 1. The second kappa shape index (κ2) is 8.49. The topological polar surface area (TPSA) is 59.1 Å². The quantitative estimate of drug-likeness (QED) is 0.611. The molecule has 1 heterocycles. The van der Waals surface area contributed by atoms with Crippen LogP contribution in [0.4, 0.5) is 21.8 Å². The van der Waals surface area contributed by atoms with Gasteiger partial charge in [-0.15, -0.1) is 0 Å². The maximum absolute atomic E-state index is 13.8. The van der Waals surface area contributed by atoms with Crippen LogP contribution in [0.5, 0.6) is 5.75 Å². The molecule has 0 atom stereocenters. The number of rotatable bonds is 7. The number of para-hydroxylation sites is 2. The predicted molar refractivity (Wildman–Crippen MR) is 106 cm³/mol. The number of hydrogen-bond donors (Lipinski definition) is 2. The standard InChI is InChI=1S/C21H23FN4O/c1-14(2)27-19-11-7-6-10-18(19)25-20-12-15(3)24-21(26-20)23-13-16-8-4-5-9-17(16)22/h4-12,14H,13H2,1-3H3,(H2,23,24,25,26). The summed E-state index contributed by atoms with van der Waals surface area (Å²) in [6.45, 7) is 6.16. The highest BCUT2D eigenvalue weighted by Crippen LogP contribution is 2.28. The summed E-state index contributed by atoms with van der Waals surface area (Å²) in [4.78, 5) is 8.86. The van der Waals surface area contributed by atoms with Crippen LogP contribution in [-0.4, -0.2) is 16.1 Å². The van der Waals surface area contributed by atoms with Gasteiger partial charge in [0.25, 0.3) is 0 Å². The maximum atomic E-state index is 13.8. The Labute approximate surface area is 158 Å². The average molecular weight is 366 g/mol. The lowest BCUT2D eigenvalue weighted by Crippen LogP contribution is -2.09. The van der Waals surface area contributed by atoms with E-state index in [0.29, 0.717) is 23.9 Å². The normalized spacial score (nSPS) is 10.7. The summed E-state index contributed by atoms with van der Waals surface area (Å²) in [6.07, 6.45) is 0.0677. The van der Waals surface area contributed by atoms with Gasteiger partial charge in [0.15, 0.2) is 0 Å². The number of benzene rings is 2. The summed E-state index contributed by atoms with van der Waals surface area (Å²) in [5, 5.41) is 6.36. The molecule has 3 rings (SSSR count). The lowest BCUT2D eigenvalue weighted by Gasteiger charge is -2.16. The SMILES string of the molecule is Cc1cc(Nc2ccccc2OC(C)C)nc(NCc2ccccc2F)n1. The summed E-state index contributed by atoms with van der Waals surface area (Å²) in [5.74, 6) is 1.57. The molecule has 0 aliphatic rings. The zero-order valence-electron chi connectivity index (χ0n) is 15.7. The third-order valence-electron chi connectivity index (χ3n) is 3.76. The molecule has 6 heteroatoms. The number of anilines is 3. The Morgan fingerprint density at radius 3 is 2.56 bits per heavy atom. The van der Waals surface area contributed by atoms with Gasteiger partial charge in [-0.3, -0.25) is 0 Å². The van der Waals surface area contributed by atoms with Crippen molar-refractivity contribution in [2.24, 2.45) is 0 Å². The van der Waals surface area contributed by atoms with E-state index < -0.39 is 0 Å². The molecule has 0 amide bonds. The Kier molecular flexibility index (Phi) is 5.86. The molecular weight excluding hydrogens is 343 g/mol. The Morgan fingerprint density at radius 2 is 1.78 bits per heavy atom. The van der Waals surface area contributed by atoms with E-state index >= 15 is 0 Å². The van der Waals surface area contributed by atoms with Gasteiger partial charge >= 0.3 is 0 Å². The fraction of sp³-hybridized carbons (Fsp3) is 0.238. The van der Waals surface area contributed by atoms with Crippen LogP contribution >= 0.6 is 0 Å². The molecule has 3 aromatic rings. The van der Waals surface area contributed by atoms with E-state index in [1.54, 1.807) is 18.2 Å². The molecule has 0 saturated heterocycles. The first-order chi connectivity index (χ1) is 13.0. The van der Waals surface area contributed by atoms with E-state index in [-0.39, 0.29) is 11.9 Å². The van der Waals surface area contributed by atoms with Crippen LogP contribution < -0.4 is 15.4 Å². The molecule has 0 spiro atoms. The number of halogens is 1.